The van der Waals surface area contributed by atoms with E-state index in [1.165, 1.54) is 0 Å². The maximum atomic E-state index is 12.0. The molecule has 4 nitrogen and oxygen atoms in total. The molecule has 2 N–H and O–H groups in total. The lowest BCUT2D eigenvalue weighted by atomic mass is 9.77. The molecular formula is C11H20N2O2S. The summed E-state index contributed by atoms with van der Waals surface area (Å²) < 4.78 is 5.42. The number of carbonyl (C=O) groups is 1. The zero-order chi connectivity index (χ0) is 12.3. The normalized spacial score (nSPS) is 19.7. The van der Waals surface area contributed by atoms with Crippen molar-refractivity contribution in [1.29, 1.82) is 0 Å². The van der Waals surface area contributed by atoms with Crippen LogP contribution in [0.5, 0.6) is 0 Å². The summed E-state index contributed by atoms with van der Waals surface area (Å²) in [5.74, 6) is 0.0434. The smallest absolute Gasteiger partial charge is 0.225 e. The number of nitrogens with zero attached hydrogens (tertiary/aromatic N) is 1. The van der Waals surface area contributed by atoms with Crippen LogP contribution in [0.3, 0.4) is 0 Å². The average molecular weight is 244 g/mol. The van der Waals surface area contributed by atoms with Crippen LogP contribution in [0.4, 0.5) is 0 Å². The first-order valence-electron chi connectivity index (χ1n) is 5.52. The molecular weight excluding hydrogens is 224 g/mol. The van der Waals surface area contributed by atoms with Gasteiger partial charge in [0.2, 0.25) is 5.91 Å². The molecule has 1 saturated carbocycles. The third-order valence-electron chi connectivity index (χ3n) is 3.56. The predicted octanol–water partition coefficient (Wildman–Crippen LogP) is 1.08. The van der Waals surface area contributed by atoms with E-state index in [-0.39, 0.29) is 17.6 Å². The fourth-order valence-corrected chi connectivity index (χ4v) is 1.99. The molecule has 0 spiro atoms. The zero-order valence-electron chi connectivity index (χ0n) is 10.2. The molecule has 92 valence electrons. The Balaban J connectivity index is 2.54. The molecule has 5 heteroatoms. The Labute approximate surface area is 102 Å². The first-order chi connectivity index (χ1) is 7.42. The van der Waals surface area contributed by atoms with Crippen molar-refractivity contribution >= 4 is 23.1 Å². The van der Waals surface area contributed by atoms with Crippen molar-refractivity contribution in [1.82, 2.24) is 4.90 Å². The minimum absolute atomic E-state index is 0.0434. The summed E-state index contributed by atoms with van der Waals surface area (Å²) >= 11 is 4.88. The highest BCUT2D eigenvalue weighted by molar-refractivity contribution is 7.80. The number of hydrogen-bond acceptors (Lipinski definition) is 3. The molecule has 0 bridgehead atoms. The van der Waals surface area contributed by atoms with Gasteiger partial charge >= 0.3 is 0 Å². The Morgan fingerprint density at radius 3 is 2.50 bits per heavy atom. The molecule has 0 aromatic rings. The van der Waals surface area contributed by atoms with E-state index in [0.29, 0.717) is 11.4 Å². The van der Waals surface area contributed by atoms with E-state index in [0.717, 1.165) is 19.3 Å². The van der Waals surface area contributed by atoms with Gasteiger partial charge in [0.25, 0.3) is 0 Å². The first kappa shape index (κ1) is 13.4. The molecule has 0 aromatic heterocycles. The van der Waals surface area contributed by atoms with E-state index in [9.17, 15) is 4.79 Å². The Morgan fingerprint density at radius 2 is 2.19 bits per heavy atom. The van der Waals surface area contributed by atoms with Crippen molar-refractivity contribution in [2.24, 2.45) is 5.73 Å². The van der Waals surface area contributed by atoms with Crippen LogP contribution in [-0.4, -0.2) is 41.6 Å². The maximum absolute atomic E-state index is 12.0. The lowest BCUT2D eigenvalue weighted by Crippen LogP contribution is -2.48. The van der Waals surface area contributed by atoms with Gasteiger partial charge in [-0.1, -0.05) is 12.2 Å². The summed E-state index contributed by atoms with van der Waals surface area (Å²) in [7, 11) is 3.40. The summed E-state index contributed by atoms with van der Waals surface area (Å²) in [5.41, 5.74) is 5.29. The van der Waals surface area contributed by atoms with E-state index in [1.807, 2.05) is 6.92 Å². The van der Waals surface area contributed by atoms with Gasteiger partial charge in [0, 0.05) is 14.2 Å². The van der Waals surface area contributed by atoms with Crippen LogP contribution in [0, 0.1) is 0 Å². The van der Waals surface area contributed by atoms with Gasteiger partial charge in [0.1, 0.15) is 0 Å². The highest BCUT2D eigenvalue weighted by atomic mass is 32.1. The SMILES string of the molecule is COC1(CC(=O)N(C)C(C)C(N)=S)CCC1. The highest BCUT2D eigenvalue weighted by Crippen LogP contribution is 2.38. The molecule has 0 radical (unpaired) electrons. The third-order valence-corrected chi connectivity index (χ3v) is 3.90. The Morgan fingerprint density at radius 1 is 1.62 bits per heavy atom. The second kappa shape index (κ2) is 5.10. The average Bonchev–Trinajstić information content (AvgIpc) is 2.20. The number of methoxy groups -OCH3 is 1. The minimum Gasteiger partial charge on any atom is -0.392 e. The molecule has 1 amide bonds. The van der Waals surface area contributed by atoms with Crippen LogP contribution < -0.4 is 5.73 Å². The first-order valence-corrected chi connectivity index (χ1v) is 5.93. The van der Waals surface area contributed by atoms with Crippen LogP contribution in [0.25, 0.3) is 0 Å². The number of carbonyl (C=O) groups excluding carboxylic acids is 1. The topological polar surface area (TPSA) is 55.6 Å². The van der Waals surface area contributed by atoms with Gasteiger partial charge in [-0.15, -0.1) is 0 Å². The quantitative estimate of drug-likeness (QED) is 0.735. The van der Waals surface area contributed by atoms with Crippen molar-refractivity contribution in [2.75, 3.05) is 14.2 Å². The predicted molar refractivity (Wildman–Crippen MR) is 67.2 cm³/mol. The van der Waals surface area contributed by atoms with Crippen LogP contribution in [0.15, 0.2) is 0 Å². The van der Waals surface area contributed by atoms with Crippen molar-refractivity contribution in [3.05, 3.63) is 0 Å². The number of rotatable bonds is 5. The fraction of sp³-hybridized carbons (Fsp3) is 0.818. The molecule has 1 aliphatic carbocycles. The number of nitrogens with two attached hydrogens (primary N) is 1. The van der Waals surface area contributed by atoms with Crippen molar-refractivity contribution in [2.45, 2.75) is 44.2 Å². The molecule has 16 heavy (non-hydrogen) atoms. The van der Waals surface area contributed by atoms with E-state index < -0.39 is 0 Å². The van der Waals surface area contributed by atoms with Crippen LogP contribution in [0.2, 0.25) is 0 Å². The fourth-order valence-electron chi connectivity index (χ4n) is 1.83. The van der Waals surface area contributed by atoms with E-state index in [2.05, 4.69) is 0 Å². The number of likely N-dealkylation sites (N-methyl/N-ethyl adjacent to an activating group) is 1. The molecule has 0 heterocycles. The molecule has 1 atom stereocenters. The second-order valence-electron chi connectivity index (χ2n) is 4.50. The summed E-state index contributed by atoms with van der Waals surface area (Å²) in [6.07, 6.45) is 3.48. The monoisotopic (exact) mass is 244 g/mol. The summed E-state index contributed by atoms with van der Waals surface area (Å²) in [6.45, 7) is 1.83. The highest BCUT2D eigenvalue weighted by Gasteiger charge is 2.40. The number of thiocarbonyl (C=S) groups is 1. The van der Waals surface area contributed by atoms with Crippen LogP contribution >= 0.6 is 12.2 Å². The van der Waals surface area contributed by atoms with Gasteiger partial charge in [-0.05, 0) is 26.2 Å². The van der Waals surface area contributed by atoms with Crippen molar-refractivity contribution in [3.8, 4) is 0 Å². The molecule has 0 aromatic carbocycles. The summed E-state index contributed by atoms with van der Waals surface area (Å²) in [5, 5.41) is 0. The lowest BCUT2D eigenvalue weighted by Gasteiger charge is -2.41. The molecule has 1 unspecified atom stereocenters. The standard InChI is InChI=1S/C11H20N2O2S/c1-8(10(12)16)13(2)9(14)7-11(15-3)5-4-6-11/h8H,4-7H2,1-3H3,(H2,12,16). The van der Waals surface area contributed by atoms with Gasteiger partial charge in [-0.2, -0.15) is 0 Å². The molecule has 0 aliphatic heterocycles. The zero-order valence-corrected chi connectivity index (χ0v) is 11.0. The van der Waals surface area contributed by atoms with E-state index >= 15 is 0 Å². The summed E-state index contributed by atoms with van der Waals surface area (Å²) in [4.78, 5) is 13.9. The summed E-state index contributed by atoms with van der Waals surface area (Å²) in [6, 6.07) is -0.198. The number of hydrogen-bond donors (Lipinski definition) is 1. The molecule has 1 fully saturated rings. The third kappa shape index (κ3) is 2.71. The Kier molecular flexibility index (Phi) is 4.27. The molecule has 1 aliphatic rings. The van der Waals surface area contributed by atoms with Gasteiger partial charge < -0.3 is 15.4 Å². The second-order valence-corrected chi connectivity index (χ2v) is 4.97. The Bertz CT molecular complexity index is 284. The van der Waals surface area contributed by atoms with Crippen molar-refractivity contribution in [3.63, 3.8) is 0 Å². The van der Waals surface area contributed by atoms with Crippen molar-refractivity contribution < 1.29 is 9.53 Å². The largest absolute Gasteiger partial charge is 0.392 e. The van der Waals surface area contributed by atoms with Crippen LogP contribution in [0.1, 0.15) is 32.6 Å². The van der Waals surface area contributed by atoms with E-state index in [1.54, 1.807) is 19.1 Å². The molecule has 0 saturated heterocycles. The lowest BCUT2D eigenvalue weighted by molar-refractivity contribution is -0.143. The van der Waals surface area contributed by atoms with Gasteiger partial charge in [0.05, 0.1) is 23.1 Å². The molecule has 1 rings (SSSR count). The van der Waals surface area contributed by atoms with E-state index in [4.69, 9.17) is 22.7 Å². The van der Waals surface area contributed by atoms with Crippen LogP contribution in [-0.2, 0) is 9.53 Å². The minimum atomic E-state index is -0.235. The maximum Gasteiger partial charge on any atom is 0.225 e. The number of ether oxygens (including phenoxy) is 1. The number of amides is 1. The van der Waals surface area contributed by atoms with Gasteiger partial charge in [-0.25, -0.2) is 0 Å². The van der Waals surface area contributed by atoms with Gasteiger partial charge in [0.15, 0.2) is 0 Å². The van der Waals surface area contributed by atoms with Gasteiger partial charge in [-0.3, -0.25) is 4.79 Å². The Hall–Kier alpha value is -0.680.